The van der Waals surface area contributed by atoms with Crippen LogP contribution in [0.5, 0.6) is 17.2 Å². The van der Waals surface area contributed by atoms with Crippen molar-refractivity contribution in [3.63, 3.8) is 0 Å². The van der Waals surface area contributed by atoms with E-state index in [-0.39, 0.29) is 16.0 Å². The standard InChI is InChI=1S/C20H21N5O5S2/c1-28-16-11-14(12-17(29-2)18(16)30-3)24-20(31)23-13-5-7-15(8-6-13)32(26,27)25-19-21-9-4-10-22-19/h4-12H,1-3H3,(H,21,22,25)(H2,23,24,31). The van der Waals surface area contributed by atoms with Gasteiger partial charge in [0, 0.05) is 35.9 Å². The normalized spacial score (nSPS) is 10.7. The Balaban J connectivity index is 1.69. The minimum atomic E-state index is -3.82. The summed E-state index contributed by atoms with van der Waals surface area (Å²) in [6.45, 7) is 0. The van der Waals surface area contributed by atoms with Gasteiger partial charge in [-0.3, -0.25) is 0 Å². The monoisotopic (exact) mass is 475 g/mol. The lowest BCUT2D eigenvalue weighted by atomic mass is 10.2. The van der Waals surface area contributed by atoms with Crippen molar-refractivity contribution >= 4 is 44.7 Å². The van der Waals surface area contributed by atoms with Gasteiger partial charge in [-0.25, -0.2) is 23.1 Å². The van der Waals surface area contributed by atoms with Gasteiger partial charge in [0.1, 0.15) is 0 Å². The number of hydrogen-bond acceptors (Lipinski definition) is 8. The van der Waals surface area contributed by atoms with Gasteiger partial charge in [0.25, 0.3) is 10.0 Å². The predicted octanol–water partition coefficient (Wildman–Crippen LogP) is 3.11. The molecule has 1 aromatic heterocycles. The zero-order valence-electron chi connectivity index (χ0n) is 17.4. The molecule has 0 saturated carbocycles. The Labute approximate surface area is 191 Å². The van der Waals surface area contributed by atoms with Crippen LogP contribution in [-0.4, -0.2) is 44.8 Å². The van der Waals surface area contributed by atoms with Crippen molar-refractivity contribution in [3.8, 4) is 17.2 Å². The van der Waals surface area contributed by atoms with Gasteiger partial charge < -0.3 is 24.8 Å². The summed E-state index contributed by atoms with van der Waals surface area (Å²) in [7, 11) is 0.739. The van der Waals surface area contributed by atoms with Crippen LogP contribution < -0.4 is 29.6 Å². The topological polar surface area (TPSA) is 124 Å². The van der Waals surface area contributed by atoms with Crippen molar-refractivity contribution in [1.29, 1.82) is 0 Å². The molecule has 12 heteroatoms. The lowest BCUT2D eigenvalue weighted by Gasteiger charge is -2.16. The number of methoxy groups -OCH3 is 3. The number of benzene rings is 2. The largest absolute Gasteiger partial charge is 0.493 e. The average molecular weight is 476 g/mol. The van der Waals surface area contributed by atoms with E-state index in [0.717, 1.165) is 0 Å². The van der Waals surface area contributed by atoms with Gasteiger partial charge >= 0.3 is 0 Å². The molecular formula is C20H21N5O5S2. The molecule has 0 bridgehead atoms. The maximum atomic E-state index is 12.5. The molecule has 3 rings (SSSR count). The maximum Gasteiger partial charge on any atom is 0.264 e. The molecule has 32 heavy (non-hydrogen) atoms. The van der Waals surface area contributed by atoms with E-state index in [1.807, 2.05) is 0 Å². The molecule has 0 spiro atoms. The lowest BCUT2D eigenvalue weighted by molar-refractivity contribution is 0.324. The van der Waals surface area contributed by atoms with Crippen molar-refractivity contribution in [2.24, 2.45) is 0 Å². The van der Waals surface area contributed by atoms with E-state index in [4.69, 9.17) is 26.4 Å². The van der Waals surface area contributed by atoms with Crippen LogP contribution in [0.4, 0.5) is 17.3 Å². The Hall–Kier alpha value is -3.64. The van der Waals surface area contributed by atoms with Crippen molar-refractivity contribution in [2.75, 3.05) is 36.7 Å². The number of hydrogen-bond donors (Lipinski definition) is 3. The van der Waals surface area contributed by atoms with E-state index in [9.17, 15) is 8.42 Å². The zero-order chi connectivity index (χ0) is 23.1. The summed E-state index contributed by atoms with van der Waals surface area (Å²) >= 11 is 5.35. The highest BCUT2D eigenvalue weighted by atomic mass is 32.2. The third kappa shape index (κ3) is 5.53. The van der Waals surface area contributed by atoms with Gasteiger partial charge in [0.2, 0.25) is 11.7 Å². The molecule has 0 amide bonds. The number of anilines is 3. The molecule has 0 fully saturated rings. The number of nitrogens with one attached hydrogen (secondary N) is 3. The number of thiocarbonyl (C=S) groups is 1. The van der Waals surface area contributed by atoms with E-state index in [1.165, 1.54) is 45.9 Å². The van der Waals surface area contributed by atoms with Gasteiger partial charge in [-0.2, -0.15) is 0 Å². The zero-order valence-corrected chi connectivity index (χ0v) is 19.1. The van der Waals surface area contributed by atoms with Crippen molar-refractivity contribution in [3.05, 3.63) is 54.9 Å². The first-order valence-corrected chi connectivity index (χ1v) is 11.0. The van der Waals surface area contributed by atoms with Crippen LogP contribution in [0, 0.1) is 0 Å². The number of rotatable bonds is 8. The number of aromatic nitrogens is 2. The van der Waals surface area contributed by atoms with Gasteiger partial charge in [-0.1, -0.05) is 0 Å². The van der Waals surface area contributed by atoms with Gasteiger partial charge in [0.15, 0.2) is 16.6 Å². The number of sulfonamides is 1. The first kappa shape index (κ1) is 23.0. The third-order valence-corrected chi connectivity index (χ3v) is 5.68. The van der Waals surface area contributed by atoms with Crippen LogP contribution in [-0.2, 0) is 10.0 Å². The SMILES string of the molecule is COc1cc(NC(=S)Nc2ccc(S(=O)(=O)Nc3ncccn3)cc2)cc(OC)c1OC. The fourth-order valence-electron chi connectivity index (χ4n) is 2.70. The van der Waals surface area contributed by atoms with Crippen molar-refractivity contribution in [2.45, 2.75) is 4.90 Å². The van der Waals surface area contributed by atoms with E-state index in [1.54, 1.807) is 30.3 Å². The summed E-state index contributed by atoms with van der Waals surface area (Å²) in [4.78, 5) is 7.77. The Morgan fingerprint density at radius 1 is 0.875 bits per heavy atom. The molecule has 0 unspecified atom stereocenters. The number of nitrogens with zero attached hydrogens (tertiary/aromatic N) is 2. The van der Waals surface area contributed by atoms with Crippen molar-refractivity contribution in [1.82, 2.24) is 9.97 Å². The van der Waals surface area contributed by atoms with E-state index >= 15 is 0 Å². The van der Waals surface area contributed by atoms with Gasteiger partial charge in [-0.15, -0.1) is 0 Å². The minimum absolute atomic E-state index is 0.00886. The van der Waals surface area contributed by atoms with Gasteiger partial charge in [-0.05, 0) is 42.5 Å². The molecule has 3 aromatic rings. The second-order valence-electron chi connectivity index (χ2n) is 6.20. The smallest absolute Gasteiger partial charge is 0.264 e. The molecule has 10 nitrogen and oxygen atoms in total. The molecule has 0 aliphatic carbocycles. The van der Waals surface area contributed by atoms with Crippen LogP contribution in [0.3, 0.4) is 0 Å². The predicted molar refractivity (Wildman–Crippen MR) is 125 cm³/mol. The van der Waals surface area contributed by atoms with Crippen molar-refractivity contribution < 1.29 is 22.6 Å². The van der Waals surface area contributed by atoms with E-state index in [0.29, 0.717) is 28.6 Å². The fraction of sp³-hybridized carbons (Fsp3) is 0.150. The van der Waals surface area contributed by atoms with E-state index in [2.05, 4.69) is 25.3 Å². The van der Waals surface area contributed by atoms with Gasteiger partial charge in [0.05, 0.1) is 26.2 Å². The Bertz CT molecular complexity index is 1160. The summed E-state index contributed by atoms with van der Waals surface area (Å²) in [5.74, 6) is 1.40. The highest BCUT2D eigenvalue weighted by Gasteiger charge is 2.16. The Morgan fingerprint density at radius 3 is 1.97 bits per heavy atom. The van der Waals surface area contributed by atoms with Crippen LogP contribution in [0.15, 0.2) is 59.8 Å². The minimum Gasteiger partial charge on any atom is -0.493 e. The highest BCUT2D eigenvalue weighted by molar-refractivity contribution is 7.92. The summed E-state index contributed by atoms with van der Waals surface area (Å²) in [6, 6.07) is 11.1. The molecule has 0 aliphatic rings. The summed E-state index contributed by atoms with van der Waals surface area (Å²) in [6.07, 6.45) is 2.89. The lowest BCUT2D eigenvalue weighted by Crippen LogP contribution is -2.19. The van der Waals surface area contributed by atoms with Crippen LogP contribution >= 0.6 is 12.2 Å². The second-order valence-corrected chi connectivity index (χ2v) is 8.29. The summed E-state index contributed by atoms with van der Waals surface area (Å²) in [5, 5.41) is 6.30. The highest BCUT2D eigenvalue weighted by Crippen LogP contribution is 2.39. The summed E-state index contributed by atoms with van der Waals surface area (Å²) in [5.41, 5.74) is 1.20. The molecule has 0 radical (unpaired) electrons. The second kappa shape index (κ2) is 10.1. The molecular weight excluding hydrogens is 454 g/mol. The molecule has 168 valence electrons. The third-order valence-electron chi connectivity index (χ3n) is 4.14. The Morgan fingerprint density at radius 2 is 1.44 bits per heavy atom. The van der Waals surface area contributed by atoms with Crippen LogP contribution in [0.2, 0.25) is 0 Å². The molecule has 2 aromatic carbocycles. The molecule has 3 N–H and O–H groups in total. The first-order chi connectivity index (χ1) is 15.4. The molecule has 0 saturated heterocycles. The maximum absolute atomic E-state index is 12.5. The van der Waals surface area contributed by atoms with Crippen LogP contribution in [0.25, 0.3) is 0 Å². The van der Waals surface area contributed by atoms with Crippen LogP contribution in [0.1, 0.15) is 0 Å². The molecule has 1 heterocycles. The number of ether oxygens (including phenoxy) is 3. The molecule has 0 atom stereocenters. The quantitative estimate of drug-likeness (QED) is 0.419. The molecule has 0 aliphatic heterocycles. The Kier molecular flexibility index (Phi) is 7.28. The first-order valence-electron chi connectivity index (χ1n) is 9.14. The summed E-state index contributed by atoms with van der Waals surface area (Å²) < 4.78 is 43.2. The average Bonchev–Trinajstić information content (AvgIpc) is 2.79. The van der Waals surface area contributed by atoms with E-state index < -0.39 is 10.0 Å². The fourth-order valence-corrected chi connectivity index (χ4v) is 3.89.